The third-order valence-corrected chi connectivity index (χ3v) is 4.36. The standard InChI is InChI=1S/C17H19N5O3/c1-20(10-11-9-18-12-6-4-5-7-13(12)19-11)15(23)8-14-16(24)22(3)17(25)21(14)2/h4-7,9,14H,8,10H2,1-3H3/t14-/m0/s1. The van der Waals surface area contributed by atoms with Crippen LogP contribution in [0.15, 0.2) is 30.5 Å². The van der Waals surface area contributed by atoms with E-state index in [2.05, 4.69) is 9.97 Å². The number of rotatable bonds is 4. The third kappa shape index (κ3) is 3.15. The van der Waals surface area contributed by atoms with Crippen molar-refractivity contribution in [2.75, 3.05) is 21.1 Å². The molecule has 4 amide bonds. The number of nitrogens with zero attached hydrogens (tertiary/aromatic N) is 5. The lowest BCUT2D eigenvalue weighted by molar-refractivity contribution is -0.135. The SMILES string of the molecule is CN(Cc1cnc2ccccc2n1)C(=O)C[C@H]1C(=O)N(C)C(=O)N1C. The Hall–Kier alpha value is -3.03. The van der Waals surface area contributed by atoms with Crippen LogP contribution in [-0.4, -0.2) is 69.7 Å². The molecule has 0 spiro atoms. The molecule has 2 aromatic rings. The number of hydrogen-bond acceptors (Lipinski definition) is 5. The second-order valence-corrected chi connectivity index (χ2v) is 6.11. The highest BCUT2D eigenvalue weighted by atomic mass is 16.2. The molecule has 130 valence electrons. The van der Waals surface area contributed by atoms with E-state index in [0.29, 0.717) is 5.69 Å². The smallest absolute Gasteiger partial charge is 0.326 e. The second-order valence-electron chi connectivity index (χ2n) is 6.11. The minimum atomic E-state index is -0.755. The lowest BCUT2D eigenvalue weighted by Crippen LogP contribution is -2.38. The number of likely N-dealkylation sites (N-methyl/N-ethyl adjacent to an activating group) is 2. The largest absolute Gasteiger partial charge is 0.340 e. The van der Waals surface area contributed by atoms with Gasteiger partial charge in [-0.1, -0.05) is 12.1 Å². The van der Waals surface area contributed by atoms with Crippen LogP contribution in [0, 0.1) is 0 Å². The van der Waals surface area contributed by atoms with Crippen LogP contribution in [0.3, 0.4) is 0 Å². The Bertz CT molecular complexity index is 853. The van der Waals surface area contributed by atoms with Gasteiger partial charge in [-0.3, -0.25) is 19.5 Å². The van der Waals surface area contributed by atoms with Crippen LogP contribution in [0.4, 0.5) is 4.79 Å². The first-order chi connectivity index (χ1) is 11.9. The van der Waals surface area contributed by atoms with Gasteiger partial charge >= 0.3 is 6.03 Å². The Balaban J connectivity index is 1.68. The fourth-order valence-corrected chi connectivity index (χ4v) is 2.80. The molecule has 8 heteroatoms. The molecule has 0 aliphatic carbocycles. The number of hydrogen-bond donors (Lipinski definition) is 0. The normalized spacial score (nSPS) is 17.5. The van der Waals surface area contributed by atoms with Crippen molar-refractivity contribution >= 4 is 28.9 Å². The molecule has 1 saturated heterocycles. The average Bonchev–Trinajstić information content (AvgIpc) is 2.79. The molecule has 2 heterocycles. The summed E-state index contributed by atoms with van der Waals surface area (Å²) in [5, 5.41) is 0. The molecule has 0 saturated carbocycles. The predicted octanol–water partition coefficient (Wildman–Crippen LogP) is 0.871. The van der Waals surface area contributed by atoms with E-state index in [1.165, 1.54) is 23.9 Å². The molecule has 1 atom stereocenters. The van der Waals surface area contributed by atoms with E-state index in [4.69, 9.17) is 0 Å². The summed E-state index contributed by atoms with van der Waals surface area (Å²) in [6.07, 6.45) is 1.58. The summed E-state index contributed by atoms with van der Waals surface area (Å²) < 4.78 is 0. The molecule has 0 N–H and O–H groups in total. The van der Waals surface area contributed by atoms with Gasteiger partial charge in [0.05, 0.1) is 35.9 Å². The molecule has 25 heavy (non-hydrogen) atoms. The number of imide groups is 1. The highest BCUT2D eigenvalue weighted by Crippen LogP contribution is 2.18. The topological polar surface area (TPSA) is 86.7 Å². The maximum absolute atomic E-state index is 12.4. The van der Waals surface area contributed by atoms with Crippen LogP contribution in [0.1, 0.15) is 12.1 Å². The first-order valence-corrected chi connectivity index (χ1v) is 7.87. The van der Waals surface area contributed by atoms with Crippen LogP contribution >= 0.6 is 0 Å². The molecule has 3 rings (SSSR count). The summed E-state index contributed by atoms with van der Waals surface area (Å²) >= 11 is 0. The summed E-state index contributed by atoms with van der Waals surface area (Å²) in [5.41, 5.74) is 2.22. The van der Waals surface area contributed by atoms with E-state index in [9.17, 15) is 14.4 Å². The van der Waals surface area contributed by atoms with E-state index in [-0.39, 0.29) is 24.8 Å². The summed E-state index contributed by atoms with van der Waals surface area (Å²) in [6, 6.07) is 6.35. The van der Waals surface area contributed by atoms with E-state index < -0.39 is 12.1 Å². The van der Waals surface area contributed by atoms with Crippen LogP contribution in [0.2, 0.25) is 0 Å². The fourth-order valence-electron chi connectivity index (χ4n) is 2.80. The van der Waals surface area contributed by atoms with Crippen molar-refractivity contribution in [3.63, 3.8) is 0 Å². The lowest BCUT2D eigenvalue weighted by atomic mass is 10.1. The van der Waals surface area contributed by atoms with E-state index in [1.54, 1.807) is 13.2 Å². The van der Waals surface area contributed by atoms with Gasteiger partial charge in [0.1, 0.15) is 6.04 Å². The van der Waals surface area contributed by atoms with Gasteiger partial charge in [0, 0.05) is 21.1 Å². The lowest BCUT2D eigenvalue weighted by Gasteiger charge is -2.21. The average molecular weight is 341 g/mol. The molecule has 1 aliphatic rings. The molecule has 0 bridgehead atoms. The fraction of sp³-hybridized carbons (Fsp3) is 0.353. The zero-order valence-corrected chi connectivity index (χ0v) is 14.3. The summed E-state index contributed by atoms with van der Waals surface area (Å²) in [5.74, 6) is -0.594. The van der Waals surface area contributed by atoms with Gasteiger partial charge < -0.3 is 9.80 Å². The van der Waals surface area contributed by atoms with Gasteiger partial charge in [-0.25, -0.2) is 9.78 Å². The van der Waals surface area contributed by atoms with E-state index in [1.807, 2.05) is 24.3 Å². The predicted molar refractivity (Wildman–Crippen MR) is 90.3 cm³/mol. The third-order valence-electron chi connectivity index (χ3n) is 4.36. The van der Waals surface area contributed by atoms with Gasteiger partial charge in [-0.15, -0.1) is 0 Å². The Kier molecular flexibility index (Phi) is 4.35. The second kappa shape index (κ2) is 6.46. The number of carbonyl (C=O) groups is 3. The zero-order valence-electron chi connectivity index (χ0n) is 14.3. The maximum Gasteiger partial charge on any atom is 0.326 e. The van der Waals surface area contributed by atoms with Crippen molar-refractivity contribution in [3.8, 4) is 0 Å². The molecule has 1 fully saturated rings. The highest BCUT2D eigenvalue weighted by molar-refractivity contribution is 6.05. The van der Waals surface area contributed by atoms with E-state index >= 15 is 0 Å². The Morgan fingerprint density at radius 2 is 1.88 bits per heavy atom. The molecular weight excluding hydrogens is 322 g/mol. The van der Waals surface area contributed by atoms with Gasteiger partial charge in [-0.2, -0.15) is 0 Å². The van der Waals surface area contributed by atoms with Crippen LogP contribution in [-0.2, 0) is 16.1 Å². The van der Waals surface area contributed by atoms with Crippen molar-refractivity contribution in [1.82, 2.24) is 24.7 Å². The first-order valence-electron chi connectivity index (χ1n) is 7.87. The van der Waals surface area contributed by atoms with Crippen LogP contribution in [0.5, 0.6) is 0 Å². The number of para-hydroxylation sites is 2. The summed E-state index contributed by atoms with van der Waals surface area (Å²) in [7, 11) is 4.58. The molecular formula is C17H19N5O3. The van der Waals surface area contributed by atoms with Crippen molar-refractivity contribution in [2.24, 2.45) is 0 Å². The van der Waals surface area contributed by atoms with Gasteiger partial charge in [0.15, 0.2) is 0 Å². The van der Waals surface area contributed by atoms with Crippen LogP contribution < -0.4 is 0 Å². The van der Waals surface area contributed by atoms with Gasteiger partial charge in [-0.05, 0) is 12.1 Å². The molecule has 0 unspecified atom stereocenters. The number of fused-ring (bicyclic) bond motifs is 1. The van der Waals surface area contributed by atoms with Crippen LogP contribution in [0.25, 0.3) is 11.0 Å². The van der Waals surface area contributed by atoms with Gasteiger partial charge in [0.25, 0.3) is 5.91 Å². The molecule has 1 aromatic carbocycles. The Morgan fingerprint density at radius 1 is 1.20 bits per heavy atom. The van der Waals surface area contributed by atoms with Gasteiger partial charge in [0.2, 0.25) is 5.91 Å². The zero-order chi connectivity index (χ0) is 18.1. The monoisotopic (exact) mass is 341 g/mol. The number of benzene rings is 1. The van der Waals surface area contributed by atoms with Crippen molar-refractivity contribution in [2.45, 2.75) is 19.0 Å². The summed E-state index contributed by atoms with van der Waals surface area (Å²) in [6.45, 7) is 0.283. The molecule has 0 radical (unpaired) electrons. The maximum atomic E-state index is 12.4. The quantitative estimate of drug-likeness (QED) is 0.770. The molecule has 1 aromatic heterocycles. The minimum absolute atomic E-state index is 0.0527. The number of carbonyl (C=O) groups excluding carboxylic acids is 3. The number of amides is 4. The number of urea groups is 1. The Labute approximate surface area is 145 Å². The van der Waals surface area contributed by atoms with E-state index in [0.717, 1.165) is 15.9 Å². The summed E-state index contributed by atoms with van der Waals surface area (Å²) in [4.78, 5) is 48.9. The number of aromatic nitrogens is 2. The highest BCUT2D eigenvalue weighted by Gasteiger charge is 2.42. The first kappa shape index (κ1) is 16.8. The van der Waals surface area contributed by atoms with Crippen molar-refractivity contribution < 1.29 is 14.4 Å². The minimum Gasteiger partial charge on any atom is -0.340 e. The van der Waals surface area contributed by atoms with Crippen molar-refractivity contribution in [3.05, 3.63) is 36.2 Å². The molecule has 1 aliphatic heterocycles. The van der Waals surface area contributed by atoms with Crippen molar-refractivity contribution in [1.29, 1.82) is 0 Å². The Morgan fingerprint density at radius 3 is 2.52 bits per heavy atom. The molecule has 8 nitrogen and oxygen atoms in total.